The Labute approximate surface area is 72.6 Å². The van der Waals surface area contributed by atoms with Gasteiger partial charge in [0, 0.05) is 12.6 Å². The van der Waals surface area contributed by atoms with Crippen molar-refractivity contribution in [2.45, 2.75) is 12.8 Å². The van der Waals surface area contributed by atoms with E-state index in [1.165, 1.54) is 0 Å². The van der Waals surface area contributed by atoms with Crippen molar-refractivity contribution in [2.75, 3.05) is 7.11 Å². The van der Waals surface area contributed by atoms with Crippen molar-refractivity contribution < 1.29 is 4.74 Å². The molecule has 2 nitrogen and oxygen atoms in total. The minimum atomic E-state index is 0.745. The van der Waals surface area contributed by atoms with Gasteiger partial charge < -0.3 is 4.74 Å². The highest BCUT2D eigenvalue weighted by molar-refractivity contribution is 5.23. The molecule has 12 heavy (non-hydrogen) atoms. The lowest BCUT2D eigenvalue weighted by molar-refractivity contribution is 0.412. The third-order valence-electron chi connectivity index (χ3n) is 1.56. The molecule has 0 aromatic carbocycles. The molecule has 0 aliphatic heterocycles. The number of aryl methyl sites for hydroxylation is 1. The molecule has 1 aromatic rings. The first-order chi connectivity index (χ1) is 5.86. The number of nitrogens with zero attached hydrogens (tertiary/aromatic N) is 1. The van der Waals surface area contributed by atoms with Crippen LogP contribution in [-0.4, -0.2) is 12.1 Å². The molecule has 0 saturated heterocycles. The SMILES string of the molecule is C#CCCc1cncc(OC)c1. The molecule has 0 fully saturated rings. The highest BCUT2D eigenvalue weighted by Gasteiger charge is 1.94. The van der Waals surface area contributed by atoms with Crippen molar-refractivity contribution in [3.05, 3.63) is 24.0 Å². The zero-order valence-electron chi connectivity index (χ0n) is 7.08. The van der Waals surface area contributed by atoms with Crippen LogP contribution in [0.4, 0.5) is 0 Å². The molecule has 0 saturated carbocycles. The number of rotatable bonds is 3. The monoisotopic (exact) mass is 161 g/mol. The number of ether oxygens (including phenoxy) is 1. The van der Waals surface area contributed by atoms with E-state index in [-0.39, 0.29) is 0 Å². The maximum atomic E-state index is 5.15. The van der Waals surface area contributed by atoms with Gasteiger partial charge in [0.2, 0.25) is 0 Å². The summed E-state index contributed by atoms with van der Waals surface area (Å²) in [6.07, 6.45) is 10.2. The zero-order chi connectivity index (χ0) is 8.81. The Morgan fingerprint density at radius 1 is 1.58 bits per heavy atom. The van der Waals surface area contributed by atoms with Crippen molar-refractivity contribution in [3.63, 3.8) is 0 Å². The molecular weight excluding hydrogens is 150 g/mol. The van der Waals surface area contributed by atoms with E-state index in [2.05, 4.69) is 10.9 Å². The van der Waals surface area contributed by atoms with Crippen LogP contribution < -0.4 is 4.74 Å². The lowest BCUT2D eigenvalue weighted by atomic mass is 10.2. The summed E-state index contributed by atoms with van der Waals surface area (Å²) >= 11 is 0. The fourth-order valence-electron chi connectivity index (χ4n) is 0.929. The van der Waals surface area contributed by atoms with E-state index in [0.717, 1.165) is 24.2 Å². The second kappa shape index (κ2) is 4.40. The van der Waals surface area contributed by atoms with Crippen molar-refractivity contribution >= 4 is 0 Å². The highest BCUT2D eigenvalue weighted by atomic mass is 16.5. The quantitative estimate of drug-likeness (QED) is 0.629. The lowest BCUT2D eigenvalue weighted by Crippen LogP contribution is -1.89. The average Bonchev–Trinajstić information content (AvgIpc) is 2.15. The molecule has 0 amide bonds. The smallest absolute Gasteiger partial charge is 0.137 e. The van der Waals surface area contributed by atoms with Gasteiger partial charge in [-0.2, -0.15) is 0 Å². The van der Waals surface area contributed by atoms with Gasteiger partial charge in [-0.15, -0.1) is 12.3 Å². The first-order valence-electron chi connectivity index (χ1n) is 3.78. The second-order valence-electron chi connectivity index (χ2n) is 2.44. The van der Waals surface area contributed by atoms with Crippen LogP contribution in [0.5, 0.6) is 5.75 Å². The van der Waals surface area contributed by atoms with Gasteiger partial charge in [0.1, 0.15) is 5.75 Å². The maximum Gasteiger partial charge on any atom is 0.137 e. The first-order valence-corrected chi connectivity index (χ1v) is 3.78. The molecule has 0 radical (unpaired) electrons. The van der Waals surface area contributed by atoms with E-state index in [1.54, 1.807) is 19.5 Å². The van der Waals surface area contributed by atoms with Gasteiger partial charge in [-0.05, 0) is 18.1 Å². The Hall–Kier alpha value is -1.49. The number of terminal acetylenes is 1. The summed E-state index contributed by atoms with van der Waals surface area (Å²) in [4.78, 5) is 4.01. The van der Waals surface area contributed by atoms with Crippen LogP contribution in [-0.2, 0) is 6.42 Å². The largest absolute Gasteiger partial charge is 0.495 e. The van der Waals surface area contributed by atoms with E-state index in [1.807, 2.05) is 6.07 Å². The first kappa shape index (κ1) is 8.61. The molecule has 0 unspecified atom stereocenters. The standard InChI is InChI=1S/C10H11NO/c1-3-4-5-9-6-10(12-2)8-11-7-9/h1,6-8H,4-5H2,2H3. The second-order valence-corrected chi connectivity index (χ2v) is 2.44. The van der Waals surface area contributed by atoms with E-state index < -0.39 is 0 Å². The molecule has 1 aromatic heterocycles. The van der Waals surface area contributed by atoms with Gasteiger partial charge in [0.25, 0.3) is 0 Å². The summed E-state index contributed by atoms with van der Waals surface area (Å²) in [6.45, 7) is 0. The van der Waals surface area contributed by atoms with Crippen molar-refractivity contribution in [1.29, 1.82) is 0 Å². The summed E-state index contributed by atoms with van der Waals surface area (Å²) in [5.41, 5.74) is 1.12. The summed E-state index contributed by atoms with van der Waals surface area (Å²) in [5.74, 6) is 3.37. The van der Waals surface area contributed by atoms with Crippen molar-refractivity contribution in [2.24, 2.45) is 0 Å². The van der Waals surface area contributed by atoms with E-state index in [0.29, 0.717) is 0 Å². The van der Waals surface area contributed by atoms with Crippen LogP contribution in [0.1, 0.15) is 12.0 Å². The van der Waals surface area contributed by atoms with Crippen molar-refractivity contribution in [1.82, 2.24) is 4.98 Å². The van der Waals surface area contributed by atoms with Gasteiger partial charge in [-0.1, -0.05) is 0 Å². The van der Waals surface area contributed by atoms with Crippen LogP contribution in [0.25, 0.3) is 0 Å². The maximum absolute atomic E-state index is 5.15. The number of aromatic nitrogens is 1. The predicted molar refractivity (Wildman–Crippen MR) is 47.9 cm³/mol. The summed E-state index contributed by atoms with van der Waals surface area (Å²) in [6, 6.07) is 1.95. The number of pyridine rings is 1. The van der Waals surface area contributed by atoms with Gasteiger partial charge in [-0.3, -0.25) is 4.98 Å². The Bertz CT molecular complexity index is 288. The highest BCUT2D eigenvalue weighted by Crippen LogP contribution is 2.11. The molecular formula is C10H11NO. The average molecular weight is 161 g/mol. The molecule has 2 heteroatoms. The molecule has 1 heterocycles. The van der Waals surface area contributed by atoms with Crippen LogP contribution in [0.2, 0.25) is 0 Å². The molecule has 0 N–H and O–H groups in total. The molecule has 1 rings (SSSR count). The summed E-state index contributed by atoms with van der Waals surface area (Å²) in [5, 5.41) is 0. The van der Waals surface area contributed by atoms with Gasteiger partial charge >= 0.3 is 0 Å². The summed E-state index contributed by atoms with van der Waals surface area (Å²) in [7, 11) is 1.63. The van der Waals surface area contributed by atoms with Crippen LogP contribution >= 0.6 is 0 Å². The number of hydrogen-bond donors (Lipinski definition) is 0. The van der Waals surface area contributed by atoms with Crippen LogP contribution in [0.3, 0.4) is 0 Å². The third kappa shape index (κ3) is 2.28. The van der Waals surface area contributed by atoms with Gasteiger partial charge in [0.05, 0.1) is 13.3 Å². The van der Waals surface area contributed by atoms with Crippen LogP contribution in [0, 0.1) is 12.3 Å². The Morgan fingerprint density at radius 3 is 3.08 bits per heavy atom. The number of hydrogen-bond acceptors (Lipinski definition) is 2. The third-order valence-corrected chi connectivity index (χ3v) is 1.56. The van der Waals surface area contributed by atoms with Gasteiger partial charge in [-0.25, -0.2) is 0 Å². The minimum Gasteiger partial charge on any atom is -0.495 e. The molecule has 0 aliphatic rings. The minimum absolute atomic E-state index is 0.745. The topological polar surface area (TPSA) is 22.1 Å². The van der Waals surface area contributed by atoms with E-state index in [9.17, 15) is 0 Å². The fourth-order valence-corrected chi connectivity index (χ4v) is 0.929. The Morgan fingerprint density at radius 2 is 2.42 bits per heavy atom. The molecule has 0 atom stereocenters. The summed E-state index contributed by atoms with van der Waals surface area (Å²) < 4.78 is 5.02. The van der Waals surface area contributed by atoms with E-state index >= 15 is 0 Å². The van der Waals surface area contributed by atoms with Crippen LogP contribution in [0.15, 0.2) is 18.5 Å². The van der Waals surface area contributed by atoms with Gasteiger partial charge in [0.15, 0.2) is 0 Å². The van der Waals surface area contributed by atoms with E-state index in [4.69, 9.17) is 11.2 Å². The Kier molecular flexibility index (Phi) is 3.16. The fraction of sp³-hybridized carbons (Fsp3) is 0.300. The lowest BCUT2D eigenvalue weighted by Gasteiger charge is -2.00. The number of methoxy groups -OCH3 is 1. The Balaban J connectivity index is 2.67. The molecule has 62 valence electrons. The molecule has 0 spiro atoms. The normalized spacial score (nSPS) is 9.00. The zero-order valence-corrected chi connectivity index (χ0v) is 7.08. The predicted octanol–water partition coefficient (Wildman–Crippen LogP) is 1.66. The molecule has 0 bridgehead atoms. The van der Waals surface area contributed by atoms with Crippen molar-refractivity contribution in [3.8, 4) is 18.1 Å². The molecule has 0 aliphatic carbocycles.